The van der Waals surface area contributed by atoms with Gasteiger partial charge in [-0.25, -0.2) is 17.8 Å². The number of pyridine rings is 1. The molecule has 3 aromatic rings. The van der Waals surface area contributed by atoms with Crippen molar-refractivity contribution in [2.45, 2.75) is 48.3 Å². The van der Waals surface area contributed by atoms with Gasteiger partial charge in [-0.1, -0.05) is 11.3 Å². The van der Waals surface area contributed by atoms with Crippen molar-refractivity contribution in [1.82, 2.24) is 9.55 Å². The third-order valence-corrected chi connectivity index (χ3v) is 9.52. The molecule has 180 valence electrons. The first kappa shape index (κ1) is 23.1. The smallest absolute Gasteiger partial charge is 0.252 e. The second-order valence-corrected chi connectivity index (χ2v) is 12.0. The first-order valence-electron chi connectivity index (χ1n) is 11.2. The molecule has 1 unspecified atom stereocenters. The number of fused-ring (bicyclic) bond motifs is 1. The topological polar surface area (TPSA) is 107 Å². The number of carbonyl (C=O) groups excluding carboxylic acids is 1. The Morgan fingerprint density at radius 3 is 2.68 bits per heavy atom. The van der Waals surface area contributed by atoms with Crippen molar-refractivity contribution in [3.8, 4) is 0 Å². The zero-order valence-electron chi connectivity index (χ0n) is 18.3. The van der Waals surface area contributed by atoms with Crippen LogP contribution in [0.5, 0.6) is 0 Å². The van der Waals surface area contributed by atoms with E-state index in [1.807, 2.05) is 0 Å². The summed E-state index contributed by atoms with van der Waals surface area (Å²) in [7, 11) is -3.51. The molecule has 1 saturated carbocycles. The van der Waals surface area contributed by atoms with Crippen molar-refractivity contribution >= 4 is 42.4 Å². The number of thiazole rings is 1. The molecular weight excluding hydrogens is 481 g/mol. The van der Waals surface area contributed by atoms with Gasteiger partial charge in [0.05, 0.1) is 20.4 Å². The molecule has 0 radical (unpaired) electrons. The molecule has 2 fully saturated rings. The lowest BCUT2D eigenvalue weighted by molar-refractivity contribution is -0.120. The first-order chi connectivity index (χ1) is 16.3. The minimum atomic E-state index is -3.51. The van der Waals surface area contributed by atoms with Gasteiger partial charge < -0.3 is 14.6 Å². The zero-order chi connectivity index (χ0) is 23.9. The van der Waals surface area contributed by atoms with E-state index in [-0.39, 0.29) is 16.6 Å². The molecule has 5 rings (SSSR count). The summed E-state index contributed by atoms with van der Waals surface area (Å²) in [5.41, 5.74) is 0.0230. The van der Waals surface area contributed by atoms with Crippen molar-refractivity contribution in [3.05, 3.63) is 52.7 Å². The van der Waals surface area contributed by atoms with E-state index < -0.39 is 32.6 Å². The van der Waals surface area contributed by atoms with E-state index in [1.54, 1.807) is 6.07 Å². The average Bonchev–Trinajstić information content (AvgIpc) is 3.60. The maximum atomic E-state index is 13.5. The van der Waals surface area contributed by atoms with Crippen molar-refractivity contribution in [2.24, 2.45) is 5.92 Å². The second-order valence-electron chi connectivity index (χ2n) is 8.78. The van der Waals surface area contributed by atoms with E-state index in [4.69, 9.17) is 4.74 Å². The molecule has 3 heterocycles. The molecule has 11 heteroatoms. The fraction of sp³-hybridized carbons (Fsp3) is 0.435. The Morgan fingerprint density at radius 1 is 1.21 bits per heavy atom. The minimum Gasteiger partial charge on any atom is -0.381 e. The fourth-order valence-corrected chi connectivity index (χ4v) is 6.81. The Bertz CT molecular complexity index is 1390. The standard InChI is InChI=1S/C23H24FN3O5S2/c24-15-1-4-18-20(12-15)33-23(25-18)26-22(29)19(11-14-6-9-32-10-7-14)27-8-5-17(13-21(27)28)34(30,31)16-2-3-16/h1,4-5,8,12-14,16,19H,2-3,6-7,9-11H2,(H,25,26,29). The molecule has 0 spiro atoms. The number of halogens is 1. The lowest BCUT2D eigenvalue weighted by atomic mass is 9.92. The zero-order valence-corrected chi connectivity index (χ0v) is 19.9. The highest BCUT2D eigenvalue weighted by atomic mass is 32.2. The van der Waals surface area contributed by atoms with Crippen LogP contribution in [0.25, 0.3) is 10.2 Å². The molecule has 1 aliphatic heterocycles. The lowest BCUT2D eigenvalue weighted by Gasteiger charge is -2.27. The first-order valence-corrected chi connectivity index (χ1v) is 13.6. The minimum absolute atomic E-state index is 0.00493. The quantitative estimate of drug-likeness (QED) is 0.526. The van der Waals surface area contributed by atoms with Gasteiger partial charge in [-0.2, -0.15) is 0 Å². The molecule has 1 saturated heterocycles. The summed E-state index contributed by atoms with van der Waals surface area (Å²) in [6.07, 6.45) is 4.55. The van der Waals surface area contributed by atoms with Crippen molar-refractivity contribution in [2.75, 3.05) is 18.5 Å². The van der Waals surface area contributed by atoms with Crippen LogP contribution in [0.3, 0.4) is 0 Å². The van der Waals surface area contributed by atoms with Crippen LogP contribution in [0.1, 0.15) is 38.1 Å². The number of aromatic nitrogens is 2. The number of hydrogen-bond acceptors (Lipinski definition) is 7. The molecular formula is C23H24FN3O5S2. The summed E-state index contributed by atoms with van der Waals surface area (Å²) in [6, 6.07) is 5.86. The number of sulfone groups is 1. The van der Waals surface area contributed by atoms with Gasteiger partial charge in [-0.05, 0) is 62.3 Å². The Morgan fingerprint density at radius 2 is 1.97 bits per heavy atom. The summed E-state index contributed by atoms with van der Waals surface area (Å²) in [5, 5.41) is 2.66. The van der Waals surface area contributed by atoms with Crippen LogP contribution >= 0.6 is 11.3 Å². The van der Waals surface area contributed by atoms with Gasteiger partial charge in [-0.3, -0.25) is 9.59 Å². The largest absolute Gasteiger partial charge is 0.381 e. The summed E-state index contributed by atoms with van der Waals surface area (Å²) in [5.74, 6) is -0.638. The lowest BCUT2D eigenvalue weighted by Crippen LogP contribution is -2.35. The van der Waals surface area contributed by atoms with Gasteiger partial charge in [0.2, 0.25) is 5.91 Å². The van der Waals surface area contributed by atoms with E-state index >= 15 is 0 Å². The highest BCUT2D eigenvalue weighted by Crippen LogP contribution is 2.33. The molecule has 0 bridgehead atoms. The number of ether oxygens (including phenoxy) is 1. The number of carbonyl (C=O) groups is 1. The second kappa shape index (κ2) is 9.20. The molecule has 34 heavy (non-hydrogen) atoms. The normalized spacial score (nSPS) is 18.1. The molecule has 1 atom stereocenters. The number of nitrogens with one attached hydrogen (secondary N) is 1. The number of nitrogens with zero attached hydrogens (tertiary/aromatic N) is 2. The highest BCUT2D eigenvalue weighted by Gasteiger charge is 2.37. The molecule has 1 aliphatic carbocycles. The monoisotopic (exact) mass is 505 g/mol. The number of benzene rings is 1. The Balaban J connectivity index is 1.44. The summed E-state index contributed by atoms with van der Waals surface area (Å²) in [6.45, 7) is 1.19. The highest BCUT2D eigenvalue weighted by molar-refractivity contribution is 7.92. The number of amides is 1. The van der Waals surface area contributed by atoms with Gasteiger partial charge in [0.15, 0.2) is 15.0 Å². The van der Waals surface area contributed by atoms with Crippen LogP contribution in [0.15, 0.2) is 46.2 Å². The predicted octanol–water partition coefficient (Wildman–Crippen LogP) is 3.53. The maximum absolute atomic E-state index is 13.5. The van der Waals surface area contributed by atoms with Gasteiger partial charge in [0.25, 0.3) is 5.56 Å². The Labute approximate surface area is 199 Å². The van der Waals surface area contributed by atoms with Crippen LogP contribution in [-0.4, -0.2) is 42.3 Å². The van der Waals surface area contributed by atoms with E-state index in [0.29, 0.717) is 47.8 Å². The van der Waals surface area contributed by atoms with E-state index in [0.717, 1.165) is 30.2 Å². The number of anilines is 1. The van der Waals surface area contributed by atoms with Crippen LogP contribution in [0.2, 0.25) is 0 Å². The van der Waals surface area contributed by atoms with Crippen molar-refractivity contribution in [3.63, 3.8) is 0 Å². The molecule has 8 nitrogen and oxygen atoms in total. The predicted molar refractivity (Wildman–Crippen MR) is 126 cm³/mol. The van der Waals surface area contributed by atoms with E-state index in [2.05, 4.69) is 10.3 Å². The van der Waals surface area contributed by atoms with E-state index in [9.17, 15) is 22.4 Å². The maximum Gasteiger partial charge on any atom is 0.252 e. The molecule has 1 N–H and O–H groups in total. The van der Waals surface area contributed by atoms with Crippen molar-refractivity contribution in [1.29, 1.82) is 0 Å². The average molecular weight is 506 g/mol. The van der Waals surface area contributed by atoms with Crippen LogP contribution in [0, 0.1) is 11.7 Å². The van der Waals surface area contributed by atoms with Crippen LogP contribution < -0.4 is 10.9 Å². The van der Waals surface area contributed by atoms with Gasteiger partial charge in [-0.15, -0.1) is 0 Å². The summed E-state index contributed by atoms with van der Waals surface area (Å²) < 4.78 is 46.0. The number of hydrogen-bond donors (Lipinski definition) is 1. The number of rotatable bonds is 7. The van der Waals surface area contributed by atoms with Crippen LogP contribution in [-0.2, 0) is 19.4 Å². The van der Waals surface area contributed by atoms with Crippen LogP contribution in [0.4, 0.5) is 9.52 Å². The molecule has 2 aromatic heterocycles. The molecule has 1 aromatic carbocycles. The van der Waals surface area contributed by atoms with E-state index in [1.165, 1.54) is 29.0 Å². The SMILES string of the molecule is O=C(Nc1nc2ccc(F)cc2s1)C(CC1CCOCC1)n1ccc(S(=O)(=O)C2CC2)cc1=O. The van der Waals surface area contributed by atoms with Gasteiger partial charge in [0, 0.05) is 25.5 Å². The molecule has 2 aliphatic rings. The van der Waals surface area contributed by atoms with Crippen molar-refractivity contribution < 1.29 is 22.3 Å². The third kappa shape index (κ3) is 4.77. The van der Waals surface area contributed by atoms with Gasteiger partial charge in [0.1, 0.15) is 11.9 Å². The third-order valence-electron chi connectivity index (χ3n) is 6.33. The Kier molecular flexibility index (Phi) is 6.26. The Hall–Kier alpha value is -2.63. The summed E-state index contributed by atoms with van der Waals surface area (Å²) >= 11 is 1.15. The summed E-state index contributed by atoms with van der Waals surface area (Å²) in [4.78, 5) is 30.7. The fourth-order valence-electron chi connectivity index (χ4n) is 4.26. The molecule has 1 amide bonds. The van der Waals surface area contributed by atoms with Gasteiger partial charge >= 0.3 is 0 Å².